The van der Waals surface area contributed by atoms with Crippen LogP contribution in [0.5, 0.6) is 5.75 Å². The van der Waals surface area contributed by atoms with Crippen LogP contribution in [0.15, 0.2) is 30.5 Å². The summed E-state index contributed by atoms with van der Waals surface area (Å²) in [6.07, 6.45) is 1.97. The van der Waals surface area contributed by atoms with E-state index in [2.05, 4.69) is 15.3 Å². The molecule has 4 rings (SSSR count). The summed E-state index contributed by atoms with van der Waals surface area (Å²) < 4.78 is 16.8. The van der Waals surface area contributed by atoms with Crippen molar-refractivity contribution in [2.24, 2.45) is 0 Å². The maximum Gasteiger partial charge on any atom is 0.408 e. The molecule has 1 amide bonds. The molecule has 0 bridgehead atoms. The second kappa shape index (κ2) is 8.42. The molecule has 1 aromatic heterocycles. The number of anilines is 2. The van der Waals surface area contributed by atoms with Gasteiger partial charge in [0.25, 0.3) is 0 Å². The Morgan fingerprint density at radius 2 is 1.94 bits per heavy atom. The fourth-order valence-electron chi connectivity index (χ4n) is 4.35. The summed E-state index contributed by atoms with van der Waals surface area (Å²) in [4.78, 5) is 35.2. The highest BCUT2D eigenvalue weighted by Gasteiger charge is 2.51. The fraction of sp³-hybridized carbons (Fsp3) is 0.478. The number of aromatic nitrogens is 2. The lowest BCUT2D eigenvalue weighted by Crippen LogP contribution is -2.54. The molecule has 2 aliphatic heterocycles. The summed E-state index contributed by atoms with van der Waals surface area (Å²) in [5.41, 5.74) is 5.59. The van der Waals surface area contributed by atoms with Crippen LogP contribution in [0.3, 0.4) is 0 Å². The van der Waals surface area contributed by atoms with Crippen molar-refractivity contribution in [2.75, 3.05) is 30.8 Å². The third-order valence-electron chi connectivity index (χ3n) is 5.79. The minimum atomic E-state index is -0.656. The van der Waals surface area contributed by atoms with Crippen molar-refractivity contribution in [1.29, 1.82) is 0 Å². The molecule has 10 heteroatoms. The number of carbonyl (C=O) groups is 2. The first-order chi connectivity index (χ1) is 15.6. The van der Waals surface area contributed by atoms with Crippen LogP contribution in [0.4, 0.5) is 16.4 Å². The second-order valence-corrected chi connectivity index (χ2v) is 9.23. The van der Waals surface area contributed by atoms with Gasteiger partial charge in [-0.3, -0.25) is 0 Å². The van der Waals surface area contributed by atoms with E-state index in [1.165, 1.54) is 13.3 Å². The highest BCUT2D eigenvalue weighted by molar-refractivity contribution is 5.92. The van der Waals surface area contributed by atoms with Crippen molar-refractivity contribution < 1.29 is 23.8 Å². The van der Waals surface area contributed by atoms with Crippen LogP contribution in [-0.4, -0.2) is 53.4 Å². The number of methoxy groups -OCH3 is 1. The zero-order valence-corrected chi connectivity index (χ0v) is 19.3. The minimum absolute atomic E-state index is 0.113. The molecule has 2 aromatic rings. The van der Waals surface area contributed by atoms with Crippen LogP contribution < -0.4 is 20.7 Å². The maximum absolute atomic E-state index is 12.6. The normalized spacial score (nSPS) is 18.9. The summed E-state index contributed by atoms with van der Waals surface area (Å²) in [5.74, 6) is 0.758. The third kappa shape index (κ3) is 4.50. The Hall–Kier alpha value is -3.56. The Kier molecular flexibility index (Phi) is 5.77. The van der Waals surface area contributed by atoms with Gasteiger partial charge in [-0.25, -0.2) is 19.6 Å². The van der Waals surface area contributed by atoms with E-state index in [9.17, 15) is 9.59 Å². The molecule has 10 nitrogen and oxygen atoms in total. The van der Waals surface area contributed by atoms with Gasteiger partial charge in [0.1, 0.15) is 28.8 Å². The van der Waals surface area contributed by atoms with Crippen LogP contribution in [0.2, 0.25) is 0 Å². The molecule has 1 fully saturated rings. The van der Waals surface area contributed by atoms with Gasteiger partial charge in [0.15, 0.2) is 11.5 Å². The summed E-state index contributed by atoms with van der Waals surface area (Å²) in [6, 6.07) is 7.31. The minimum Gasteiger partial charge on any atom is -0.484 e. The van der Waals surface area contributed by atoms with Crippen molar-refractivity contribution in [3.8, 4) is 5.75 Å². The molecule has 3 N–H and O–H groups in total. The molecule has 0 radical (unpaired) electrons. The molecule has 0 unspecified atom stereocenters. The number of benzene rings is 1. The molecule has 2 aliphatic rings. The SMILES string of the molecule is COC(=O)c1ncc(N)nc1N1CCC2(CC1)Oc1ccccc1[C@H]2NC(=O)OC(C)(C)C. The second-order valence-electron chi connectivity index (χ2n) is 9.23. The van der Waals surface area contributed by atoms with Crippen molar-refractivity contribution in [2.45, 2.75) is 50.9 Å². The fourth-order valence-corrected chi connectivity index (χ4v) is 4.35. The molecular formula is C23H29N5O5. The largest absolute Gasteiger partial charge is 0.484 e. The number of ether oxygens (including phenoxy) is 3. The molecule has 1 atom stereocenters. The van der Waals surface area contributed by atoms with Gasteiger partial charge in [-0.1, -0.05) is 18.2 Å². The smallest absolute Gasteiger partial charge is 0.408 e. The molecule has 3 heterocycles. The first kappa shape index (κ1) is 22.6. The molecule has 176 valence electrons. The van der Waals surface area contributed by atoms with E-state index in [1.54, 1.807) is 0 Å². The molecule has 0 aliphatic carbocycles. The zero-order chi connectivity index (χ0) is 23.8. The Bertz CT molecular complexity index is 1060. The molecule has 33 heavy (non-hydrogen) atoms. The van der Waals surface area contributed by atoms with Crippen LogP contribution in [-0.2, 0) is 9.47 Å². The quantitative estimate of drug-likeness (QED) is 0.671. The van der Waals surface area contributed by atoms with E-state index in [0.717, 1.165) is 11.3 Å². The summed E-state index contributed by atoms with van der Waals surface area (Å²) in [5, 5.41) is 3.03. The van der Waals surface area contributed by atoms with Crippen molar-refractivity contribution in [3.63, 3.8) is 0 Å². The van der Waals surface area contributed by atoms with E-state index in [0.29, 0.717) is 31.7 Å². The van der Waals surface area contributed by atoms with Crippen molar-refractivity contribution >= 4 is 23.7 Å². The standard InChI is InChI=1S/C23H29N5O5/c1-22(2,3)33-21(30)27-18-14-7-5-6-8-15(14)32-23(18)9-11-28(12-10-23)19-17(20(29)31-4)25-13-16(24)26-19/h5-8,13,18H,9-12H2,1-4H3,(H2,24,26)(H,27,30)/t18-/m1/s1. The van der Waals surface area contributed by atoms with Gasteiger partial charge in [-0.2, -0.15) is 0 Å². The van der Waals surface area contributed by atoms with E-state index >= 15 is 0 Å². The Morgan fingerprint density at radius 1 is 1.24 bits per heavy atom. The number of esters is 1. The lowest BCUT2D eigenvalue weighted by Gasteiger charge is -2.42. The van der Waals surface area contributed by atoms with E-state index < -0.39 is 23.3 Å². The van der Waals surface area contributed by atoms with Crippen LogP contribution in [0, 0.1) is 0 Å². The average molecular weight is 456 g/mol. The Balaban J connectivity index is 1.58. The summed E-state index contributed by atoms with van der Waals surface area (Å²) in [6.45, 7) is 6.51. The highest BCUT2D eigenvalue weighted by atomic mass is 16.6. The number of piperidine rings is 1. The average Bonchev–Trinajstić information content (AvgIpc) is 3.05. The van der Waals surface area contributed by atoms with Gasteiger partial charge in [0, 0.05) is 31.5 Å². The zero-order valence-electron chi connectivity index (χ0n) is 19.3. The van der Waals surface area contributed by atoms with Gasteiger partial charge >= 0.3 is 12.1 Å². The number of hydrogen-bond donors (Lipinski definition) is 2. The summed E-state index contributed by atoms with van der Waals surface area (Å²) >= 11 is 0. The van der Waals surface area contributed by atoms with Crippen LogP contribution >= 0.6 is 0 Å². The van der Waals surface area contributed by atoms with E-state index in [1.807, 2.05) is 49.9 Å². The molecule has 1 aromatic carbocycles. The van der Waals surface area contributed by atoms with Crippen LogP contribution in [0.25, 0.3) is 0 Å². The number of nitrogens with zero attached hydrogens (tertiary/aromatic N) is 3. The Labute approximate surface area is 192 Å². The monoisotopic (exact) mass is 455 g/mol. The number of nitrogens with two attached hydrogens (primary N) is 1. The number of nitrogen functional groups attached to an aromatic ring is 1. The molecule has 0 saturated carbocycles. The molecule has 1 saturated heterocycles. The van der Waals surface area contributed by atoms with Gasteiger partial charge in [0.2, 0.25) is 0 Å². The predicted molar refractivity (Wildman–Crippen MR) is 121 cm³/mol. The lowest BCUT2D eigenvalue weighted by atomic mass is 9.82. The van der Waals surface area contributed by atoms with Gasteiger partial charge < -0.3 is 30.2 Å². The third-order valence-corrected chi connectivity index (χ3v) is 5.79. The number of carbonyl (C=O) groups excluding carboxylic acids is 2. The summed E-state index contributed by atoms with van der Waals surface area (Å²) in [7, 11) is 1.30. The number of alkyl carbamates (subject to hydrolysis) is 1. The molecule has 1 spiro atoms. The van der Waals surface area contributed by atoms with Crippen molar-refractivity contribution in [3.05, 3.63) is 41.7 Å². The first-order valence-corrected chi connectivity index (χ1v) is 10.9. The number of fused-ring (bicyclic) bond motifs is 1. The van der Waals surface area contributed by atoms with Crippen LogP contribution in [0.1, 0.15) is 55.7 Å². The maximum atomic E-state index is 12.6. The molecular weight excluding hydrogens is 426 g/mol. The first-order valence-electron chi connectivity index (χ1n) is 10.9. The highest BCUT2D eigenvalue weighted by Crippen LogP contribution is 2.48. The lowest BCUT2D eigenvalue weighted by molar-refractivity contribution is 0.0148. The van der Waals surface area contributed by atoms with E-state index in [4.69, 9.17) is 19.9 Å². The topological polar surface area (TPSA) is 129 Å². The number of amides is 1. The van der Waals surface area contributed by atoms with Gasteiger partial charge in [-0.05, 0) is 26.8 Å². The number of para-hydroxylation sites is 1. The van der Waals surface area contributed by atoms with Crippen molar-refractivity contribution in [1.82, 2.24) is 15.3 Å². The number of nitrogens with one attached hydrogen (secondary N) is 1. The Morgan fingerprint density at radius 3 is 2.61 bits per heavy atom. The number of rotatable bonds is 3. The van der Waals surface area contributed by atoms with Gasteiger partial charge in [0.05, 0.1) is 13.3 Å². The predicted octanol–water partition coefficient (Wildman–Crippen LogP) is 2.84. The van der Waals surface area contributed by atoms with E-state index in [-0.39, 0.29) is 17.6 Å². The number of hydrogen-bond acceptors (Lipinski definition) is 9. The van der Waals surface area contributed by atoms with Gasteiger partial charge in [-0.15, -0.1) is 0 Å².